The molecule has 110 valence electrons. The standard InChI is InChI=1S/C15H28N2O2/c1-3-4-11-17(13-5-6-13)14(18)15(12-19-2)7-9-16-10-8-15/h13,16H,3-12H2,1-2H3. The van der Waals surface area contributed by atoms with Gasteiger partial charge in [0.05, 0.1) is 12.0 Å². The van der Waals surface area contributed by atoms with Gasteiger partial charge < -0.3 is 15.0 Å². The predicted octanol–water partition coefficient (Wildman–Crippen LogP) is 1.79. The van der Waals surface area contributed by atoms with Gasteiger partial charge in [-0.15, -0.1) is 0 Å². The number of nitrogens with zero attached hydrogens (tertiary/aromatic N) is 1. The van der Waals surface area contributed by atoms with Crippen LogP contribution >= 0.6 is 0 Å². The molecule has 0 radical (unpaired) electrons. The normalized spacial score (nSPS) is 22.2. The topological polar surface area (TPSA) is 41.6 Å². The van der Waals surface area contributed by atoms with E-state index < -0.39 is 0 Å². The quantitative estimate of drug-likeness (QED) is 0.765. The molecule has 0 spiro atoms. The minimum Gasteiger partial charge on any atom is -0.384 e. The third-order valence-electron chi connectivity index (χ3n) is 4.44. The van der Waals surface area contributed by atoms with Crippen molar-refractivity contribution in [3.05, 3.63) is 0 Å². The largest absolute Gasteiger partial charge is 0.384 e. The summed E-state index contributed by atoms with van der Waals surface area (Å²) in [5.41, 5.74) is -0.268. The summed E-state index contributed by atoms with van der Waals surface area (Å²) < 4.78 is 5.39. The van der Waals surface area contributed by atoms with Gasteiger partial charge in [0.2, 0.25) is 5.91 Å². The van der Waals surface area contributed by atoms with Crippen molar-refractivity contribution in [2.75, 3.05) is 33.4 Å². The van der Waals surface area contributed by atoms with Crippen molar-refractivity contribution >= 4 is 5.91 Å². The van der Waals surface area contributed by atoms with E-state index in [2.05, 4.69) is 17.1 Å². The lowest BCUT2D eigenvalue weighted by Crippen LogP contribution is -2.52. The fourth-order valence-electron chi connectivity index (χ4n) is 3.07. The number of carbonyl (C=O) groups excluding carboxylic acids is 1. The zero-order valence-corrected chi connectivity index (χ0v) is 12.4. The van der Waals surface area contributed by atoms with Gasteiger partial charge in [-0.25, -0.2) is 0 Å². The molecule has 1 saturated carbocycles. The molecule has 1 N–H and O–H groups in total. The molecule has 0 aromatic heterocycles. The smallest absolute Gasteiger partial charge is 0.231 e. The van der Waals surface area contributed by atoms with Crippen molar-refractivity contribution in [1.82, 2.24) is 10.2 Å². The van der Waals surface area contributed by atoms with Crippen molar-refractivity contribution < 1.29 is 9.53 Å². The third-order valence-corrected chi connectivity index (χ3v) is 4.44. The molecular formula is C15H28N2O2. The lowest BCUT2D eigenvalue weighted by atomic mass is 9.78. The van der Waals surface area contributed by atoms with Crippen LogP contribution in [0.2, 0.25) is 0 Å². The van der Waals surface area contributed by atoms with Crippen molar-refractivity contribution in [2.45, 2.75) is 51.5 Å². The zero-order valence-electron chi connectivity index (χ0n) is 12.4. The molecule has 0 unspecified atom stereocenters. The monoisotopic (exact) mass is 268 g/mol. The maximum atomic E-state index is 13.0. The Balaban J connectivity index is 2.07. The van der Waals surface area contributed by atoms with Crippen molar-refractivity contribution in [2.24, 2.45) is 5.41 Å². The van der Waals surface area contributed by atoms with Gasteiger partial charge in [0.15, 0.2) is 0 Å². The number of methoxy groups -OCH3 is 1. The zero-order chi connectivity index (χ0) is 13.7. The number of piperidine rings is 1. The van der Waals surface area contributed by atoms with Gasteiger partial charge in [0.25, 0.3) is 0 Å². The molecule has 2 rings (SSSR count). The number of amides is 1. The number of hydrogen-bond donors (Lipinski definition) is 1. The van der Waals surface area contributed by atoms with Crippen LogP contribution in [-0.4, -0.2) is 50.2 Å². The van der Waals surface area contributed by atoms with Crippen LogP contribution in [0.5, 0.6) is 0 Å². The molecule has 1 saturated heterocycles. The minimum absolute atomic E-state index is 0.268. The van der Waals surface area contributed by atoms with Gasteiger partial charge in [-0.2, -0.15) is 0 Å². The molecule has 4 nitrogen and oxygen atoms in total. The SMILES string of the molecule is CCCCN(C(=O)C1(COC)CCNCC1)C1CC1. The highest BCUT2D eigenvalue weighted by Crippen LogP contribution is 2.36. The molecule has 0 bridgehead atoms. The number of nitrogens with one attached hydrogen (secondary N) is 1. The molecule has 1 aliphatic carbocycles. The van der Waals surface area contributed by atoms with E-state index in [9.17, 15) is 4.79 Å². The van der Waals surface area contributed by atoms with Crippen LogP contribution in [0.4, 0.5) is 0 Å². The maximum absolute atomic E-state index is 13.0. The average molecular weight is 268 g/mol. The molecule has 0 atom stereocenters. The summed E-state index contributed by atoms with van der Waals surface area (Å²) in [5, 5.41) is 3.35. The summed E-state index contributed by atoms with van der Waals surface area (Å²) >= 11 is 0. The van der Waals surface area contributed by atoms with Crippen LogP contribution in [0.15, 0.2) is 0 Å². The van der Waals surface area contributed by atoms with Crippen LogP contribution in [0.1, 0.15) is 45.4 Å². The highest BCUT2D eigenvalue weighted by Gasteiger charge is 2.45. The third kappa shape index (κ3) is 3.48. The highest BCUT2D eigenvalue weighted by atomic mass is 16.5. The van der Waals surface area contributed by atoms with Gasteiger partial charge in [0.1, 0.15) is 0 Å². The Morgan fingerprint density at radius 2 is 2.05 bits per heavy atom. The van der Waals surface area contributed by atoms with Gasteiger partial charge in [0, 0.05) is 19.7 Å². The first-order chi connectivity index (χ1) is 9.23. The number of carbonyl (C=O) groups is 1. The van der Waals surface area contributed by atoms with E-state index in [1.165, 1.54) is 12.8 Å². The van der Waals surface area contributed by atoms with Crippen molar-refractivity contribution in [3.8, 4) is 0 Å². The summed E-state index contributed by atoms with van der Waals surface area (Å²) in [6, 6.07) is 0.516. The first-order valence-corrected chi connectivity index (χ1v) is 7.74. The van der Waals surface area contributed by atoms with E-state index in [4.69, 9.17) is 4.74 Å². The molecule has 19 heavy (non-hydrogen) atoms. The molecule has 0 aromatic carbocycles. The molecule has 2 fully saturated rings. The van der Waals surface area contributed by atoms with E-state index >= 15 is 0 Å². The van der Waals surface area contributed by atoms with E-state index in [1.54, 1.807) is 7.11 Å². The molecule has 1 aliphatic heterocycles. The molecule has 1 amide bonds. The Morgan fingerprint density at radius 1 is 1.37 bits per heavy atom. The van der Waals surface area contributed by atoms with Crippen LogP contribution in [0, 0.1) is 5.41 Å². The molecule has 4 heteroatoms. The summed E-state index contributed by atoms with van der Waals surface area (Å²) in [4.78, 5) is 15.2. The van der Waals surface area contributed by atoms with Gasteiger partial charge in [-0.3, -0.25) is 4.79 Å². The average Bonchev–Trinajstić information content (AvgIpc) is 3.25. The molecule has 2 aliphatic rings. The van der Waals surface area contributed by atoms with Gasteiger partial charge in [-0.1, -0.05) is 13.3 Å². The number of unbranched alkanes of at least 4 members (excludes halogenated alkanes) is 1. The van der Waals surface area contributed by atoms with E-state index in [-0.39, 0.29) is 5.41 Å². The Kier molecular flexibility index (Phi) is 5.22. The fourth-order valence-corrected chi connectivity index (χ4v) is 3.07. The van der Waals surface area contributed by atoms with E-state index in [0.29, 0.717) is 18.6 Å². The summed E-state index contributed by atoms with van der Waals surface area (Å²) in [7, 11) is 1.71. The number of hydrogen-bond acceptors (Lipinski definition) is 3. The summed E-state index contributed by atoms with van der Waals surface area (Å²) in [6.45, 7) is 5.55. The first-order valence-electron chi connectivity index (χ1n) is 7.74. The lowest BCUT2D eigenvalue weighted by molar-refractivity contribution is -0.148. The van der Waals surface area contributed by atoms with Crippen LogP contribution in [0.25, 0.3) is 0 Å². The summed E-state index contributed by atoms with van der Waals surface area (Å²) in [6.07, 6.45) is 6.47. The second kappa shape index (κ2) is 6.71. The van der Waals surface area contributed by atoms with Crippen molar-refractivity contribution in [1.29, 1.82) is 0 Å². The summed E-state index contributed by atoms with van der Waals surface area (Å²) in [5.74, 6) is 0.354. The Bertz CT molecular complexity index is 291. The minimum atomic E-state index is -0.268. The van der Waals surface area contributed by atoms with Crippen LogP contribution in [-0.2, 0) is 9.53 Å². The van der Waals surface area contributed by atoms with Crippen molar-refractivity contribution in [3.63, 3.8) is 0 Å². The fraction of sp³-hybridized carbons (Fsp3) is 0.933. The number of rotatable bonds is 7. The van der Waals surface area contributed by atoms with Gasteiger partial charge >= 0.3 is 0 Å². The first kappa shape index (κ1) is 14.8. The molecular weight excluding hydrogens is 240 g/mol. The number of ether oxygens (including phenoxy) is 1. The molecule has 1 heterocycles. The second-order valence-electron chi connectivity index (χ2n) is 6.05. The Labute approximate surface area is 116 Å². The Hall–Kier alpha value is -0.610. The van der Waals surface area contributed by atoms with Gasteiger partial charge in [-0.05, 0) is 45.2 Å². The van der Waals surface area contributed by atoms with E-state index in [0.717, 1.165) is 45.3 Å². The van der Waals surface area contributed by atoms with Crippen LogP contribution < -0.4 is 5.32 Å². The Morgan fingerprint density at radius 3 is 2.58 bits per heavy atom. The maximum Gasteiger partial charge on any atom is 0.231 e. The predicted molar refractivity (Wildman–Crippen MR) is 76.1 cm³/mol. The van der Waals surface area contributed by atoms with E-state index in [1.807, 2.05) is 0 Å². The van der Waals surface area contributed by atoms with Crippen LogP contribution in [0.3, 0.4) is 0 Å². The highest BCUT2D eigenvalue weighted by molar-refractivity contribution is 5.83. The lowest BCUT2D eigenvalue weighted by Gasteiger charge is -2.39. The molecule has 0 aromatic rings. The second-order valence-corrected chi connectivity index (χ2v) is 6.05.